The van der Waals surface area contributed by atoms with Gasteiger partial charge < -0.3 is 4.79 Å². The van der Waals surface area contributed by atoms with Gasteiger partial charge in [0.2, 0.25) is 0 Å². The lowest BCUT2D eigenvalue weighted by Crippen LogP contribution is -1.63. The normalized spacial score (nSPS) is 6.50. The van der Waals surface area contributed by atoms with Gasteiger partial charge in [-0.1, -0.05) is 18.2 Å². The molecule has 0 N–H and O–H groups in total. The van der Waals surface area contributed by atoms with Gasteiger partial charge in [-0.25, -0.2) is 4.39 Å². The van der Waals surface area contributed by atoms with E-state index < -0.39 is 0 Å². The van der Waals surface area contributed by atoms with Gasteiger partial charge in [0.05, 0.1) is 0 Å². The van der Waals surface area contributed by atoms with E-state index in [1.165, 1.54) is 12.1 Å². The van der Waals surface area contributed by atoms with Crippen molar-refractivity contribution in [3.8, 4) is 0 Å². The summed E-state index contributed by atoms with van der Waals surface area (Å²) in [6.45, 7) is 2.00. The Morgan fingerprint density at radius 2 is 1.50 bits per heavy atom. The largest absolute Gasteiger partial charge is 0.307 e. The Kier molecular flexibility index (Phi) is 8.94. The van der Waals surface area contributed by atoms with Crippen LogP contribution in [-0.4, -0.2) is 6.79 Å². The molecule has 0 heterocycles. The first-order valence-electron chi connectivity index (χ1n) is 2.39. The Hall–Kier alpha value is -1.25. The second-order valence-corrected chi connectivity index (χ2v) is 1.30. The molecule has 1 aromatic rings. The smallest absolute Gasteiger partial charge is 0.123 e. The molecule has 0 saturated heterocycles. The van der Waals surface area contributed by atoms with Crippen LogP contribution in [0.2, 0.25) is 0 Å². The molecule has 1 rings (SSSR count). The maximum Gasteiger partial charge on any atom is 0.123 e. The van der Waals surface area contributed by atoms with Gasteiger partial charge in [-0.05, 0) is 12.1 Å². The van der Waals surface area contributed by atoms with Crippen molar-refractivity contribution in [3.63, 3.8) is 0 Å². The summed E-state index contributed by atoms with van der Waals surface area (Å²) in [5, 5.41) is 0. The van der Waals surface area contributed by atoms with Crippen molar-refractivity contribution in [3.05, 3.63) is 36.1 Å². The van der Waals surface area contributed by atoms with E-state index in [0.29, 0.717) is 0 Å². The van der Waals surface area contributed by atoms with Crippen LogP contribution < -0.4 is 0 Å². The quantitative estimate of drug-likeness (QED) is 0.545. The van der Waals surface area contributed by atoms with Crippen LogP contribution in [0.4, 0.5) is 9.09 Å². The van der Waals surface area contributed by atoms with Gasteiger partial charge >= 0.3 is 0 Å². The lowest BCUT2D eigenvalue weighted by Gasteiger charge is -1.78. The molecular formula is C7H8F2O. The summed E-state index contributed by atoms with van der Waals surface area (Å²) in [4.78, 5) is 8.00. The predicted octanol–water partition coefficient (Wildman–Crippen LogP) is 1.79. The number of hydrogen-bond acceptors (Lipinski definition) is 1. The second-order valence-electron chi connectivity index (χ2n) is 1.30. The van der Waals surface area contributed by atoms with Crippen molar-refractivity contribution < 1.29 is 13.9 Å². The number of hydrogen-bond donors (Lipinski definition) is 0. The van der Waals surface area contributed by atoms with Crippen molar-refractivity contribution in [1.29, 1.82) is 0 Å². The summed E-state index contributed by atoms with van der Waals surface area (Å²) in [6.07, 6.45) is 0. The van der Waals surface area contributed by atoms with Gasteiger partial charge in [-0.3, -0.25) is 4.70 Å². The maximum absolute atomic E-state index is 11.9. The fourth-order valence-electron chi connectivity index (χ4n) is 0.415. The van der Waals surface area contributed by atoms with Crippen LogP contribution in [-0.2, 0) is 4.79 Å². The first kappa shape index (κ1) is 11.5. The van der Waals surface area contributed by atoms with Crippen molar-refractivity contribution >= 4 is 6.79 Å². The third kappa shape index (κ3) is 4.90. The molecule has 0 atom stereocenters. The molecule has 0 radical (unpaired) electrons. The van der Waals surface area contributed by atoms with Gasteiger partial charge in [-0.15, -0.1) is 0 Å². The summed E-state index contributed by atoms with van der Waals surface area (Å²) < 4.78 is 11.9. The molecule has 0 fully saturated rings. The van der Waals surface area contributed by atoms with E-state index in [4.69, 9.17) is 4.79 Å². The molecule has 1 nitrogen and oxygen atoms in total. The molecular weight excluding hydrogens is 138 g/mol. The summed E-state index contributed by atoms with van der Waals surface area (Å²) in [6, 6.07) is 7.94. The molecule has 0 unspecified atom stereocenters. The molecule has 0 saturated carbocycles. The Morgan fingerprint density at radius 1 is 1.10 bits per heavy atom. The molecule has 0 aliphatic carbocycles. The molecule has 0 aromatic heterocycles. The molecule has 0 bridgehead atoms. The Labute approximate surface area is 57.9 Å². The third-order valence-corrected chi connectivity index (χ3v) is 0.733. The van der Waals surface area contributed by atoms with E-state index in [2.05, 4.69) is 0 Å². The molecule has 0 spiro atoms. The first-order valence-corrected chi connectivity index (χ1v) is 2.39. The number of carbonyl (C=O) groups is 1. The first-order chi connectivity index (χ1) is 4.39. The minimum absolute atomic E-state index is 0. The topological polar surface area (TPSA) is 17.1 Å². The van der Waals surface area contributed by atoms with Crippen LogP contribution in [0.1, 0.15) is 0 Å². The van der Waals surface area contributed by atoms with Crippen LogP contribution in [0.3, 0.4) is 0 Å². The van der Waals surface area contributed by atoms with E-state index in [0.717, 1.165) is 0 Å². The van der Waals surface area contributed by atoms with Gasteiger partial charge in [0.1, 0.15) is 12.6 Å². The average molecular weight is 146 g/mol. The number of rotatable bonds is 0. The minimum atomic E-state index is -0.178. The average Bonchev–Trinajstić information content (AvgIpc) is 1.94. The third-order valence-electron chi connectivity index (χ3n) is 0.733. The van der Waals surface area contributed by atoms with E-state index in [9.17, 15) is 4.39 Å². The fraction of sp³-hybridized carbons (Fsp3) is 0. The summed E-state index contributed by atoms with van der Waals surface area (Å²) in [7, 11) is 0. The molecule has 0 aliphatic rings. The lowest BCUT2D eigenvalue weighted by atomic mass is 10.4. The van der Waals surface area contributed by atoms with E-state index >= 15 is 0 Å². The molecule has 0 aliphatic heterocycles. The van der Waals surface area contributed by atoms with Crippen molar-refractivity contribution in [2.45, 2.75) is 0 Å². The number of benzene rings is 1. The van der Waals surface area contributed by atoms with E-state index in [1.54, 1.807) is 18.2 Å². The monoisotopic (exact) mass is 146 g/mol. The lowest BCUT2D eigenvalue weighted by molar-refractivity contribution is -0.0979. The highest BCUT2D eigenvalue weighted by atomic mass is 19.1. The maximum atomic E-state index is 11.9. The van der Waals surface area contributed by atoms with Crippen LogP contribution in [0, 0.1) is 5.82 Å². The standard InChI is InChI=1S/C6H5F.CH2O.FH/c7-6-4-2-1-3-5-6;1-2;/h1-5H;1H2;1H. The Bertz CT molecular complexity index is 153. The number of carbonyl (C=O) groups excluding carboxylic acids is 1. The van der Waals surface area contributed by atoms with Gasteiger partial charge in [0.15, 0.2) is 0 Å². The summed E-state index contributed by atoms with van der Waals surface area (Å²) in [5.41, 5.74) is 0. The Balaban J connectivity index is 0. The summed E-state index contributed by atoms with van der Waals surface area (Å²) >= 11 is 0. The van der Waals surface area contributed by atoms with Crippen LogP contribution in [0.15, 0.2) is 30.3 Å². The van der Waals surface area contributed by atoms with Gasteiger partial charge in [-0.2, -0.15) is 0 Å². The molecule has 56 valence electrons. The van der Waals surface area contributed by atoms with E-state index in [1.807, 2.05) is 6.79 Å². The highest BCUT2D eigenvalue weighted by molar-refractivity contribution is 5.11. The highest BCUT2D eigenvalue weighted by Crippen LogP contribution is 1.91. The molecule has 1 aromatic carbocycles. The van der Waals surface area contributed by atoms with Crippen LogP contribution in [0.25, 0.3) is 0 Å². The van der Waals surface area contributed by atoms with Crippen molar-refractivity contribution in [1.82, 2.24) is 0 Å². The summed E-state index contributed by atoms with van der Waals surface area (Å²) in [5.74, 6) is -0.178. The zero-order valence-electron chi connectivity index (χ0n) is 5.29. The fourth-order valence-corrected chi connectivity index (χ4v) is 0.415. The SMILES string of the molecule is C=O.F.Fc1ccccc1. The van der Waals surface area contributed by atoms with Crippen LogP contribution >= 0.6 is 0 Å². The Morgan fingerprint density at radius 3 is 1.70 bits per heavy atom. The zero-order chi connectivity index (χ0) is 7.11. The molecule has 0 amide bonds. The second kappa shape index (κ2) is 7.75. The van der Waals surface area contributed by atoms with E-state index in [-0.39, 0.29) is 10.5 Å². The van der Waals surface area contributed by atoms with Crippen molar-refractivity contribution in [2.75, 3.05) is 0 Å². The highest BCUT2D eigenvalue weighted by Gasteiger charge is 1.77. The number of halogens is 2. The minimum Gasteiger partial charge on any atom is -0.307 e. The molecule has 3 heteroatoms. The molecule has 10 heavy (non-hydrogen) atoms. The zero-order valence-corrected chi connectivity index (χ0v) is 5.29. The predicted molar refractivity (Wildman–Crippen MR) is 36.0 cm³/mol. The van der Waals surface area contributed by atoms with Crippen molar-refractivity contribution in [2.24, 2.45) is 0 Å². The van der Waals surface area contributed by atoms with Gasteiger partial charge in [0.25, 0.3) is 0 Å². The van der Waals surface area contributed by atoms with Crippen LogP contribution in [0.5, 0.6) is 0 Å². The van der Waals surface area contributed by atoms with Gasteiger partial charge in [0, 0.05) is 0 Å².